The first-order valence-electron chi connectivity index (χ1n) is 12.6. The second-order valence-corrected chi connectivity index (χ2v) is 10.2. The van der Waals surface area contributed by atoms with Crippen molar-refractivity contribution < 1.29 is 28.2 Å². The standard InChI is InChI=1S/C32H26ClFN2O5S/c1-40-29-16-11-21(17-30(29)41-2)28(37)19-42-23-14-12-22(13-15-23)35-32(39)27(18-24-25(33)9-6-10-26(24)34)36-31(38)20-7-4-3-5-8-20/h3-18H,19H2,1-2H3,(H,35,39)(H,36,38)/b27-18-. The maximum atomic E-state index is 14.5. The molecule has 0 saturated heterocycles. The van der Waals surface area contributed by atoms with Gasteiger partial charge in [-0.05, 0) is 72.8 Å². The van der Waals surface area contributed by atoms with E-state index in [1.54, 1.807) is 72.8 Å². The molecule has 7 nitrogen and oxygen atoms in total. The first-order chi connectivity index (χ1) is 20.3. The molecule has 2 amide bonds. The van der Waals surface area contributed by atoms with E-state index in [9.17, 15) is 18.8 Å². The Morgan fingerprint density at radius 1 is 0.857 bits per heavy atom. The van der Waals surface area contributed by atoms with Gasteiger partial charge in [-0.2, -0.15) is 0 Å². The molecule has 0 fully saturated rings. The third-order valence-electron chi connectivity index (χ3n) is 6.00. The zero-order valence-corrected chi connectivity index (χ0v) is 24.2. The van der Waals surface area contributed by atoms with Gasteiger partial charge in [0.15, 0.2) is 17.3 Å². The minimum atomic E-state index is -0.678. The summed E-state index contributed by atoms with van der Waals surface area (Å²) in [5.74, 6) is -0.769. The van der Waals surface area contributed by atoms with Gasteiger partial charge in [-0.3, -0.25) is 14.4 Å². The lowest BCUT2D eigenvalue weighted by Crippen LogP contribution is -2.30. The number of ketones is 1. The molecule has 0 aliphatic heterocycles. The van der Waals surface area contributed by atoms with E-state index in [4.69, 9.17) is 21.1 Å². The number of anilines is 1. The first-order valence-corrected chi connectivity index (χ1v) is 14.0. The Kier molecular flexibility index (Phi) is 10.4. The van der Waals surface area contributed by atoms with Gasteiger partial charge < -0.3 is 20.1 Å². The molecule has 0 heterocycles. The van der Waals surface area contributed by atoms with Crippen LogP contribution < -0.4 is 20.1 Å². The van der Waals surface area contributed by atoms with Gasteiger partial charge in [-0.25, -0.2) is 4.39 Å². The smallest absolute Gasteiger partial charge is 0.272 e. The summed E-state index contributed by atoms with van der Waals surface area (Å²) >= 11 is 7.49. The highest BCUT2D eigenvalue weighted by molar-refractivity contribution is 8.00. The van der Waals surface area contributed by atoms with Crippen molar-refractivity contribution in [1.29, 1.82) is 0 Å². The number of Topliss-reactive ketones (excluding diaryl/α,β-unsaturated/α-hetero) is 1. The Morgan fingerprint density at radius 3 is 2.24 bits per heavy atom. The van der Waals surface area contributed by atoms with Crippen LogP contribution in [0.1, 0.15) is 26.3 Å². The fourth-order valence-corrected chi connectivity index (χ4v) is 4.82. The summed E-state index contributed by atoms with van der Waals surface area (Å²) < 4.78 is 25.0. The van der Waals surface area contributed by atoms with Crippen LogP contribution in [0.5, 0.6) is 11.5 Å². The van der Waals surface area contributed by atoms with Gasteiger partial charge in [0.25, 0.3) is 11.8 Å². The normalized spacial score (nSPS) is 11.0. The number of hydrogen-bond donors (Lipinski definition) is 2. The Morgan fingerprint density at radius 2 is 1.57 bits per heavy atom. The zero-order valence-electron chi connectivity index (χ0n) is 22.7. The lowest BCUT2D eigenvalue weighted by Gasteiger charge is -2.12. The number of nitrogens with one attached hydrogen (secondary N) is 2. The maximum Gasteiger partial charge on any atom is 0.272 e. The third-order valence-corrected chi connectivity index (χ3v) is 7.35. The monoisotopic (exact) mass is 604 g/mol. The van der Waals surface area contributed by atoms with E-state index in [0.717, 1.165) is 4.90 Å². The Bertz CT molecular complexity index is 1610. The Hall–Kier alpha value is -4.60. The van der Waals surface area contributed by atoms with E-state index in [1.807, 2.05) is 0 Å². The van der Waals surface area contributed by atoms with Gasteiger partial charge in [-0.1, -0.05) is 35.9 Å². The highest BCUT2D eigenvalue weighted by Crippen LogP contribution is 2.29. The lowest BCUT2D eigenvalue weighted by molar-refractivity contribution is -0.113. The fourth-order valence-electron chi connectivity index (χ4n) is 3.81. The van der Waals surface area contributed by atoms with Gasteiger partial charge >= 0.3 is 0 Å². The van der Waals surface area contributed by atoms with Gasteiger partial charge in [0.2, 0.25) is 0 Å². The molecule has 2 N–H and O–H groups in total. The molecule has 0 saturated carbocycles. The van der Waals surface area contributed by atoms with Crippen molar-refractivity contribution in [3.63, 3.8) is 0 Å². The number of carbonyl (C=O) groups is 3. The SMILES string of the molecule is COc1ccc(C(=O)CSc2ccc(NC(=O)/C(=C/c3c(F)cccc3Cl)NC(=O)c3ccccc3)cc2)cc1OC. The van der Waals surface area contributed by atoms with Crippen molar-refractivity contribution in [2.45, 2.75) is 4.90 Å². The molecule has 10 heteroatoms. The summed E-state index contributed by atoms with van der Waals surface area (Å²) in [4.78, 5) is 39.6. The number of hydrogen-bond acceptors (Lipinski definition) is 6. The highest BCUT2D eigenvalue weighted by atomic mass is 35.5. The fraction of sp³-hybridized carbons (Fsp3) is 0.0938. The molecule has 0 radical (unpaired) electrons. The average Bonchev–Trinajstić information content (AvgIpc) is 3.01. The predicted octanol–water partition coefficient (Wildman–Crippen LogP) is 6.88. The average molecular weight is 605 g/mol. The summed E-state index contributed by atoms with van der Waals surface area (Å²) in [6.45, 7) is 0. The molecule has 4 aromatic carbocycles. The van der Waals surface area contributed by atoms with Crippen LogP contribution in [0.2, 0.25) is 5.02 Å². The van der Waals surface area contributed by atoms with Crippen LogP contribution in [0.3, 0.4) is 0 Å². The number of halogens is 2. The first kappa shape index (κ1) is 30.4. The van der Waals surface area contributed by atoms with Crippen molar-refractivity contribution in [2.24, 2.45) is 0 Å². The summed E-state index contributed by atoms with van der Waals surface area (Å²) in [5, 5.41) is 5.35. The van der Waals surface area contributed by atoms with Crippen molar-refractivity contribution >= 4 is 52.7 Å². The number of methoxy groups -OCH3 is 2. The number of thioether (sulfide) groups is 1. The van der Waals surface area contributed by atoms with Crippen molar-refractivity contribution in [2.75, 3.05) is 25.3 Å². The van der Waals surface area contributed by atoms with Crippen LogP contribution in [0.4, 0.5) is 10.1 Å². The molecule has 0 aliphatic carbocycles. The molecule has 4 rings (SSSR count). The minimum absolute atomic E-state index is 0.0384. The van der Waals surface area contributed by atoms with E-state index in [-0.39, 0.29) is 27.8 Å². The Labute approximate surface area is 251 Å². The Balaban J connectivity index is 1.46. The van der Waals surface area contributed by atoms with Crippen LogP contribution in [-0.2, 0) is 4.79 Å². The second-order valence-electron chi connectivity index (χ2n) is 8.77. The number of rotatable bonds is 11. The van der Waals surface area contributed by atoms with Gasteiger partial charge in [-0.15, -0.1) is 11.8 Å². The van der Waals surface area contributed by atoms with E-state index in [2.05, 4.69) is 10.6 Å². The van der Waals surface area contributed by atoms with Crippen LogP contribution in [0, 0.1) is 5.82 Å². The predicted molar refractivity (Wildman–Crippen MR) is 163 cm³/mol. The molecule has 0 atom stereocenters. The van der Waals surface area contributed by atoms with Crippen molar-refractivity contribution in [3.8, 4) is 11.5 Å². The van der Waals surface area contributed by atoms with E-state index >= 15 is 0 Å². The summed E-state index contributed by atoms with van der Waals surface area (Å²) in [6.07, 6.45) is 1.19. The maximum absolute atomic E-state index is 14.5. The van der Waals surface area contributed by atoms with E-state index in [0.29, 0.717) is 28.3 Å². The molecular weight excluding hydrogens is 579 g/mol. The quantitative estimate of drug-likeness (QED) is 0.110. The van der Waals surface area contributed by atoms with Gasteiger partial charge in [0, 0.05) is 27.3 Å². The van der Waals surface area contributed by atoms with Crippen LogP contribution in [0.15, 0.2) is 102 Å². The highest BCUT2D eigenvalue weighted by Gasteiger charge is 2.17. The molecule has 0 bridgehead atoms. The molecular formula is C32H26ClFN2O5S. The number of ether oxygens (including phenoxy) is 2. The van der Waals surface area contributed by atoms with Crippen molar-refractivity contribution in [1.82, 2.24) is 5.32 Å². The lowest BCUT2D eigenvalue weighted by atomic mass is 10.1. The molecule has 42 heavy (non-hydrogen) atoms. The number of carbonyl (C=O) groups excluding carboxylic acids is 3. The van der Waals surface area contributed by atoms with E-state index < -0.39 is 17.6 Å². The minimum Gasteiger partial charge on any atom is -0.493 e. The largest absolute Gasteiger partial charge is 0.493 e. The zero-order chi connectivity index (χ0) is 30.1. The summed E-state index contributed by atoms with van der Waals surface area (Å²) in [6, 6.07) is 24.3. The van der Waals surface area contributed by atoms with Crippen LogP contribution in [-0.4, -0.2) is 37.6 Å². The van der Waals surface area contributed by atoms with Gasteiger partial charge in [0.1, 0.15) is 11.5 Å². The molecule has 0 aromatic heterocycles. The van der Waals surface area contributed by atoms with Gasteiger partial charge in [0.05, 0.1) is 25.0 Å². The second kappa shape index (κ2) is 14.3. The summed E-state index contributed by atoms with van der Waals surface area (Å²) in [7, 11) is 3.03. The molecule has 4 aromatic rings. The topological polar surface area (TPSA) is 93.7 Å². The molecule has 0 unspecified atom stereocenters. The van der Waals surface area contributed by atoms with Crippen LogP contribution in [0.25, 0.3) is 6.08 Å². The summed E-state index contributed by atoms with van der Waals surface area (Å²) in [5.41, 5.74) is 1.00. The van der Waals surface area contributed by atoms with Crippen molar-refractivity contribution in [3.05, 3.63) is 124 Å². The molecule has 0 aliphatic rings. The van der Waals surface area contributed by atoms with Crippen LogP contribution >= 0.6 is 23.4 Å². The number of benzene rings is 4. The molecule has 214 valence electrons. The van der Waals surface area contributed by atoms with E-state index in [1.165, 1.54) is 50.3 Å². The number of amides is 2. The molecule has 0 spiro atoms. The third kappa shape index (κ3) is 7.78.